The van der Waals surface area contributed by atoms with E-state index in [0.717, 1.165) is 29.3 Å². The molecule has 98 valence electrons. The van der Waals surface area contributed by atoms with Crippen LogP contribution in [0, 0.1) is 6.92 Å². The molecule has 4 nitrogen and oxygen atoms in total. The van der Waals surface area contributed by atoms with Crippen LogP contribution in [0.2, 0.25) is 0 Å². The molecule has 0 saturated heterocycles. The molecule has 1 saturated carbocycles. The Morgan fingerprint density at radius 3 is 2.95 bits per heavy atom. The molecule has 2 N–H and O–H groups in total. The Morgan fingerprint density at radius 2 is 2.21 bits per heavy atom. The van der Waals surface area contributed by atoms with Gasteiger partial charge in [0, 0.05) is 18.1 Å². The van der Waals surface area contributed by atoms with Crippen LogP contribution in [0.1, 0.15) is 28.8 Å². The molecule has 1 aliphatic rings. The minimum Gasteiger partial charge on any atom is -0.388 e. The second-order valence-corrected chi connectivity index (χ2v) is 5.33. The molecule has 1 heterocycles. The van der Waals surface area contributed by atoms with E-state index in [-0.39, 0.29) is 5.91 Å². The molecular weight excluding hydrogens is 240 g/mol. The van der Waals surface area contributed by atoms with Crippen LogP contribution in [0.15, 0.2) is 30.5 Å². The van der Waals surface area contributed by atoms with E-state index < -0.39 is 5.60 Å². The molecule has 2 aromatic rings. The van der Waals surface area contributed by atoms with Gasteiger partial charge in [0.15, 0.2) is 0 Å². The maximum absolute atomic E-state index is 12.0. The molecule has 3 rings (SSSR count). The number of hydrogen-bond acceptors (Lipinski definition) is 3. The van der Waals surface area contributed by atoms with E-state index in [2.05, 4.69) is 10.3 Å². The standard InChI is InChI=1S/C15H16N2O2/c1-10-2-3-13-11(6-10)7-12(8-16-13)14(18)17-9-15(19)4-5-15/h2-3,6-8,19H,4-5,9H2,1H3,(H,17,18). The minimum atomic E-state index is -0.670. The molecule has 0 radical (unpaired) electrons. The summed E-state index contributed by atoms with van der Waals surface area (Å²) < 4.78 is 0. The molecule has 1 fully saturated rings. The summed E-state index contributed by atoms with van der Waals surface area (Å²) in [4.78, 5) is 16.3. The fraction of sp³-hybridized carbons (Fsp3) is 0.333. The van der Waals surface area contributed by atoms with Crippen LogP contribution in [0.3, 0.4) is 0 Å². The number of hydrogen-bond donors (Lipinski definition) is 2. The van der Waals surface area contributed by atoms with Gasteiger partial charge in [-0.05, 0) is 38.0 Å². The van der Waals surface area contributed by atoms with Crippen LogP contribution in [0.4, 0.5) is 0 Å². The van der Waals surface area contributed by atoms with Crippen LogP contribution in [-0.2, 0) is 0 Å². The average molecular weight is 256 g/mol. The summed E-state index contributed by atoms with van der Waals surface area (Å²) in [6, 6.07) is 7.78. The van der Waals surface area contributed by atoms with Gasteiger partial charge in [0.05, 0.1) is 16.7 Å². The van der Waals surface area contributed by atoms with Crippen LogP contribution in [-0.4, -0.2) is 28.1 Å². The molecule has 0 atom stereocenters. The molecule has 1 aliphatic carbocycles. The SMILES string of the molecule is Cc1ccc2ncc(C(=O)NCC3(O)CC3)cc2c1. The maximum atomic E-state index is 12.0. The highest BCUT2D eigenvalue weighted by Crippen LogP contribution is 2.33. The van der Waals surface area contributed by atoms with Gasteiger partial charge in [-0.15, -0.1) is 0 Å². The number of benzene rings is 1. The molecule has 1 aromatic carbocycles. The molecule has 0 spiro atoms. The topological polar surface area (TPSA) is 62.2 Å². The second-order valence-electron chi connectivity index (χ2n) is 5.33. The summed E-state index contributed by atoms with van der Waals surface area (Å²) >= 11 is 0. The van der Waals surface area contributed by atoms with Gasteiger partial charge >= 0.3 is 0 Å². The van der Waals surface area contributed by atoms with E-state index in [9.17, 15) is 9.90 Å². The number of aliphatic hydroxyl groups is 1. The van der Waals surface area contributed by atoms with Crippen LogP contribution < -0.4 is 5.32 Å². The molecule has 0 aliphatic heterocycles. The second kappa shape index (κ2) is 4.31. The van der Waals surface area contributed by atoms with Crippen molar-refractivity contribution < 1.29 is 9.90 Å². The van der Waals surface area contributed by atoms with Gasteiger partial charge in [-0.25, -0.2) is 0 Å². The molecule has 1 amide bonds. The number of nitrogens with zero attached hydrogens (tertiary/aromatic N) is 1. The Morgan fingerprint density at radius 1 is 1.42 bits per heavy atom. The molecular formula is C15H16N2O2. The first kappa shape index (κ1) is 12.1. The Kier molecular flexibility index (Phi) is 2.75. The predicted octanol–water partition coefficient (Wildman–Crippen LogP) is 1.80. The molecule has 0 bridgehead atoms. The van der Waals surface area contributed by atoms with E-state index in [0.29, 0.717) is 12.1 Å². The number of carbonyl (C=O) groups is 1. The van der Waals surface area contributed by atoms with Crippen molar-refractivity contribution in [2.75, 3.05) is 6.54 Å². The highest BCUT2D eigenvalue weighted by Gasteiger charge is 2.40. The number of rotatable bonds is 3. The van der Waals surface area contributed by atoms with Crippen molar-refractivity contribution in [2.45, 2.75) is 25.4 Å². The fourth-order valence-corrected chi connectivity index (χ4v) is 2.04. The molecule has 0 unspecified atom stereocenters. The van der Waals surface area contributed by atoms with E-state index in [4.69, 9.17) is 0 Å². The number of fused-ring (bicyclic) bond motifs is 1. The lowest BCUT2D eigenvalue weighted by molar-refractivity contribution is 0.0896. The van der Waals surface area contributed by atoms with Gasteiger partial charge in [-0.2, -0.15) is 0 Å². The van der Waals surface area contributed by atoms with Crippen molar-refractivity contribution in [2.24, 2.45) is 0 Å². The van der Waals surface area contributed by atoms with Gasteiger partial charge in [0.25, 0.3) is 5.91 Å². The van der Waals surface area contributed by atoms with E-state index >= 15 is 0 Å². The van der Waals surface area contributed by atoms with E-state index in [1.165, 1.54) is 0 Å². The number of amides is 1. The molecule has 19 heavy (non-hydrogen) atoms. The Balaban J connectivity index is 1.81. The van der Waals surface area contributed by atoms with Gasteiger partial charge in [-0.3, -0.25) is 9.78 Å². The smallest absolute Gasteiger partial charge is 0.252 e. The van der Waals surface area contributed by atoms with Crippen molar-refractivity contribution in [3.05, 3.63) is 41.6 Å². The van der Waals surface area contributed by atoms with Crippen molar-refractivity contribution >= 4 is 16.8 Å². The summed E-state index contributed by atoms with van der Waals surface area (Å²) in [5, 5.41) is 13.4. The number of pyridine rings is 1. The number of aromatic nitrogens is 1. The summed E-state index contributed by atoms with van der Waals surface area (Å²) in [5.74, 6) is -0.184. The lowest BCUT2D eigenvalue weighted by atomic mass is 10.1. The Hall–Kier alpha value is -1.94. The predicted molar refractivity (Wildman–Crippen MR) is 73.0 cm³/mol. The fourth-order valence-electron chi connectivity index (χ4n) is 2.04. The maximum Gasteiger partial charge on any atom is 0.252 e. The Bertz CT molecular complexity index is 648. The number of nitrogens with one attached hydrogen (secondary N) is 1. The van der Waals surface area contributed by atoms with Crippen LogP contribution in [0.5, 0.6) is 0 Å². The normalized spacial score (nSPS) is 16.3. The highest BCUT2D eigenvalue weighted by atomic mass is 16.3. The van der Waals surface area contributed by atoms with Crippen LogP contribution >= 0.6 is 0 Å². The van der Waals surface area contributed by atoms with Crippen molar-refractivity contribution in [3.8, 4) is 0 Å². The summed E-state index contributed by atoms with van der Waals surface area (Å²) in [6.07, 6.45) is 3.11. The third kappa shape index (κ3) is 2.58. The first-order valence-electron chi connectivity index (χ1n) is 6.43. The number of carbonyl (C=O) groups excluding carboxylic acids is 1. The lowest BCUT2D eigenvalue weighted by Crippen LogP contribution is -2.33. The first-order valence-corrected chi connectivity index (χ1v) is 6.43. The monoisotopic (exact) mass is 256 g/mol. The lowest BCUT2D eigenvalue weighted by Gasteiger charge is -2.09. The van der Waals surface area contributed by atoms with Crippen molar-refractivity contribution in [1.82, 2.24) is 10.3 Å². The summed E-state index contributed by atoms with van der Waals surface area (Å²) in [6.45, 7) is 2.33. The Labute approximate surface area is 111 Å². The van der Waals surface area contributed by atoms with Crippen molar-refractivity contribution in [1.29, 1.82) is 0 Å². The van der Waals surface area contributed by atoms with Gasteiger partial charge < -0.3 is 10.4 Å². The zero-order valence-corrected chi connectivity index (χ0v) is 10.8. The zero-order chi connectivity index (χ0) is 13.5. The zero-order valence-electron chi connectivity index (χ0n) is 10.8. The quantitative estimate of drug-likeness (QED) is 0.880. The first-order chi connectivity index (χ1) is 9.06. The summed E-state index contributed by atoms with van der Waals surface area (Å²) in [7, 11) is 0. The average Bonchev–Trinajstić information content (AvgIpc) is 3.13. The van der Waals surface area contributed by atoms with Crippen LogP contribution in [0.25, 0.3) is 10.9 Å². The van der Waals surface area contributed by atoms with Gasteiger partial charge in [-0.1, -0.05) is 11.6 Å². The molecule has 4 heteroatoms. The largest absolute Gasteiger partial charge is 0.388 e. The highest BCUT2D eigenvalue weighted by molar-refractivity contribution is 5.97. The van der Waals surface area contributed by atoms with Crippen molar-refractivity contribution in [3.63, 3.8) is 0 Å². The number of aryl methyl sites for hydroxylation is 1. The third-order valence-corrected chi connectivity index (χ3v) is 3.50. The van der Waals surface area contributed by atoms with Gasteiger partial charge in [0.2, 0.25) is 0 Å². The van der Waals surface area contributed by atoms with Gasteiger partial charge in [0.1, 0.15) is 0 Å². The van der Waals surface area contributed by atoms with E-state index in [1.807, 2.05) is 31.2 Å². The van der Waals surface area contributed by atoms with E-state index in [1.54, 1.807) is 6.20 Å². The third-order valence-electron chi connectivity index (χ3n) is 3.50. The minimum absolute atomic E-state index is 0.184. The molecule has 1 aromatic heterocycles. The summed E-state index contributed by atoms with van der Waals surface area (Å²) in [5.41, 5.74) is 1.88.